The fraction of sp³-hybridized carbons (Fsp3) is 0.250. The van der Waals surface area contributed by atoms with Gasteiger partial charge in [0.2, 0.25) is 0 Å². The second-order valence-electron chi connectivity index (χ2n) is 2.25. The van der Waals surface area contributed by atoms with Crippen LogP contribution in [-0.4, -0.2) is 17.3 Å². The van der Waals surface area contributed by atoms with Crippen molar-refractivity contribution in [2.75, 3.05) is 7.05 Å². The van der Waals surface area contributed by atoms with Gasteiger partial charge < -0.3 is 10.2 Å². The van der Waals surface area contributed by atoms with Crippen LogP contribution >= 0.6 is 0 Å². The predicted molar refractivity (Wildman–Crippen MR) is 42.1 cm³/mol. The van der Waals surface area contributed by atoms with E-state index in [-0.39, 0.29) is 5.75 Å². The van der Waals surface area contributed by atoms with E-state index < -0.39 is 6.23 Å². The van der Waals surface area contributed by atoms with Crippen molar-refractivity contribution >= 4 is 0 Å². The van der Waals surface area contributed by atoms with Crippen molar-refractivity contribution in [3.63, 3.8) is 0 Å². The molecule has 0 aliphatic rings. The molecular weight excluding hydrogens is 142 g/mol. The highest BCUT2D eigenvalue weighted by Crippen LogP contribution is 2.20. The van der Waals surface area contributed by atoms with Gasteiger partial charge in [-0.3, -0.25) is 5.32 Å². The lowest BCUT2D eigenvalue weighted by atomic mass is 10.2. The Morgan fingerprint density at radius 2 is 2.00 bits per heavy atom. The van der Waals surface area contributed by atoms with Crippen molar-refractivity contribution < 1.29 is 10.2 Å². The molecule has 1 unspecified atom stereocenters. The van der Waals surface area contributed by atoms with Crippen LogP contribution < -0.4 is 5.32 Å². The molecule has 0 saturated carbocycles. The van der Waals surface area contributed by atoms with E-state index in [9.17, 15) is 10.2 Å². The van der Waals surface area contributed by atoms with Gasteiger partial charge in [0.25, 0.3) is 0 Å². The molecule has 0 aliphatic heterocycles. The molecule has 0 amide bonds. The second kappa shape index (κ2) is 3.37. The van der Waals surface area contributed by atoms with Crippen molar-refractivity contribution in [3.8, 4) is 5.75 Å². The van der Waals surface area contributed by atoms with Crippen LogP contribution in [0.5, 0.6) is 5.75 Å². The Morgan fingerprint density at radius 1 is 1.36 bits per heavy atom. The van der Waals surface area contributed by atoms with E-state index in [4.69, 9.17) is 0 Å². The van der Waals surface area contributed by atoms with Gasteiger partial charge in [-0.2, -0.15) is 0 Å². The molecule has 3 nitrogen and oxygen atoms in total. The molecule has 1 aromatic rings. The Kier molecular flexibility index (Phi) is 2.46. The van der Waals surface area contributed by atoms with E-state index in [1.807, 2.05) is 0 Å². The number of aliphatic hydroxyl groups is 1. The fourth-order valence-corrected chi connectivity index (χ4v) is 0.874. The largest absolute Gasteiger partial charge is 0.508 e. The van der Waals surface area contributed by atoms with E-state index in [2.05, 4.69) is 5.32 Å². The van der Waals surface area contributed by atoms with Crippen molar-refractivity contribution in [2.45, 2.75) is 6.23 Å². The highest BCUT2D eigenvalue weighted by Gasteiger charge is 2.07. The number of aromatic hydroxyl groups is 1. The van der Waals surface area contributed by atoms with E-state index in [0.29, 0.717) is 5.56 Å². The third-order valence-electron chi connectivity index (χ3n) is 1.50. The molecule has 0 spiro atoms. The summed E-state index contributed by atoms with van der Waals surface area (Å²) in [5.74, 6) is 0.106. The average molecular weight is 153 g/mol. The van der Waals surface area contributed by atoms with Gasteiger partial charge in [0, 0.05) is 5.56 Å². The van der Waals surface area contributed by atoms with Crippen LogP contribution in [0.1, 0.15) is 11.8 Å². The fourth-order valence-electron chi connectivity index (χ4n) is 0.874. The number of benzene rings is 1. The molecule has 0 heterocycles. The first-order valence-electron chi connectivity index (χ1n) is 3.39. The lowest BCUT2D eigenvalue weighted by Gasteiger charge is -2.10. The first-order chi connectivity index (χ1) is 5.25. The molecule has 0 bridgehead atoms. The first kappa shape index (κ1) is 8.04. The summed E-state index contributed by atoms with van der Waals surface area (Å²) in [5, 5.41) is 21.1. The van der Waals surface area contributed by atoms with Crippen LogP contribution in [-0.2, 0) is 0 Å². The van der Waals surface area contributed by atoms with Crippen LogP contribution in [0.4, 0.5) is 0 Å². The number of rotatable bonds is 2. The Bertz CT molecular complexity index is 237. The molecule has 1 aromatic carbocycles. The average Bonchev–Trinajstić information content (AvgIpc) is 2.04. The van der Waals surface area contributed by atoms with E-state index in [1.54, 1.807) is 25.2 Å². The van der Waals surface area contributed by atoms with Crippen molar-refractivity contribution in [2.24, 2.45) is 0 Å². The summed E-state index contributed by atoms with van der Waals surface area (Å²) in [5.41, 5.74) is 0.495. The summed E-state index contributed by atoms with van der Waals surface area (Å²) >= 11 is 0. The molecule has 0 saturated heterocycles. The van der Waals surface area contributed by atoms with Gasteiger partial charge in [0.05, 0.1) is 0 Å². The molecule has 0 aromatic heterocycles. The minimum absolute atomic E-state index is 0.106. The molecule has 60 valence electrons. The quantitative estimate of drug-likeness (QED) is 0.545. The maximum Gasteiger partial charge on any atom is 0.134 e. The van der Waals surface area contributed by atoms with Gasteiger partial charge in [-0.25, -0.2) is 0 Å². The topological polar surface area (TPSA) is 52.5 Å². The molecular formula is C8H11NO2. The van der Waals surface area contributed by atoms with Gasteiger partial charge in [-0.05, 0) is 13.1 Å². The van der Waals surface area contributed by atoms with Gasteiger partial charge >= 0.3 is 0 Å². The van der Waals surface area contributed by atoms with Crippen molar-refractivity contribution in [3.05, 3.63) is 29.8 Å². The smallest absolute Gasteiger partial charge is 0.134 e. The third kappa shape index (κ3) is 1.69. The predicted octanol–water partition coefficient (Wildman–Crippen LogP) is 0.603. The van der Waals surface area contributed by atoms with E-state index in [1.165, 1.54) is 6.07 Å². The van der Waals surface area contributed by atoms with Gasteiger partial charge in [-0.1, -0.05) is 18.2 Å². The number of phenols is 1. The minimum atomic E-state index is -0.795. The highest BCUT2D eigenvalue weighted by atomic mass is 16.3. The highest BCUT2D eigenvalue weighted by molar-refractivity contribution is 5.33. The maximum atomic E-state index is 9.24. The molecule has 3 heteroatoms. The Balaban J connectivity index is 2.93. The third-order valence-corrected chi connectivity index (χ3v) is 1.50. The zero-order valence-electron chi connectivity index (χ0n) is 6.28. The summed E-state index contributed by atoms with van der Waals surface area (Å²) in [4.78, 5) is 0. The molecule has 0 aliphatic carbocycles. The molecule has 11 heavy (non-hydrogen) atoms. The van der Waals surface area contributed by atoms with Crippen LogP contribution in [0, 0.1) is 0 Å². The summed E-state index contributed by atoms with van der Waals surface area (Å²) in [6, 6.07) is 6.67. The van der Waals surface area contributed by atoms with E-state index >= 15 is 0 Å². The van der Waals surface area contributed by atoms with Gasteiger partial charge in [0.1, 0.15) is 12.0 Å². The molecule has 0 fully saturated rings. The zero-order valence-corrected chi connectivity index (χ0v) is 6.28. The van der Waals surface area contributed by atoms with Crippen LogP contribution in [0.15, 0.2) is 24.3 Å². The van der Waals surface area contributed by atoms with Crippen molar-refractivity contribution in [1.29, 1.82) is 0 Å². The second-order valence-corrected chi connectivity index (χ2v) is 2.25. The van der Waals surface area contributed by atoms with Gasteiger partial charge in [-0.15, -0.1) is 0 Å². The maximum absolute atomic E-state index is 9.24. The lowest BCUT2D eigenvalue weighted by molar-refractivity contribution is 0.146. The van der Waals surface area contributed by atoms with Crippen LogP contribution in [0.3, 0.4) is 0 Å². The first-order valence-corrected chi connectivity index (χ1v) is 3.39. The van der Waals surface area contributed by atoms with Crippen molar-refractivity contribution in [1.82, 2.24) is 5.32 Å². The SMILES string of the molecule is CNC(O)c1ccccc1O. The Labute approximate surface area is 65.3 Å². The lowest BCUT2D eigenvalue weighted by Crippen LogP contribution is -2.15. The summed E-state index contributed by atoms with van der Waals surface area (Å²) < 4.78 is 0. The van der Waals surface area contributed by atoms with Crippen LogP contribution in [0.25, 0.3) is 0 Å². The summed E-state index contributed by atoms with van der Waals surface area (Å²) in [6.07, 6.45) is -0.795. The molecule has 1 atom stereocenters. The molecule has 3 N–H and O–H groups in total. The molecule has 1 rings (SSSR count). The Morgan fingerprint density at radius 3 is 2.55 bits per heavy atom. The standard InChI is InChI=1S/C8H11NO2/c1-9-8(11)6-4-2-3-5-7(6)10/h2-5,8-11H,1H3. The minimum Gasteiger partial charge on any atom is -0.508 e. The number of para-hydroxylation sites is 1. The number of aliphatic hydroxyl groups excluding tert-OH is 1. The Hall–Kier alpha value is -1.06. The van der Waals surface area contributed by atoms with Gasteiger partial charge in [0.15, 0.2) is 0 Å². The van der Waals surface area contributed by atoms with E-state index in [0.717, 1.165) is 0 Å². The zero-order chi connectivity index (χ0) is 8.27. The molecule has 0 radical (unpaired) electrons. The summed E-state index contributed by atoms with van der Waals surface area (Å²) in [6.45, 7) is 0. The number of phenolic OH excluding ortho intramolecular Hbond substituents is 1. The normalized spacial score (nSPS) is 12.9. The number of hydrogen-bond acceptors (Lipinski definition) is 3. The number of hydrogen-bond donors (Lipinski definition) is 3. The summed E-state index contributed by atoms with van der Waals surface area (Å²) in [7, 11) is 1.62. The monoisotopic (exact) mass is 153 g/mol. The van der Waals surface area contributed by atoms with Crippen LogP contribution in [0.2, 0.25) is 0 Å². The number of nitrogens with one attached hydrogen (secondary N) is 1.